The lowest BCUT2D eigenvalue weighted by Crippen LogP contribution is -2.32. The molecule has 0 bridgehead atoms. The molecular weight excluding hydrogens is 240 g/mol. The molecule has 2 rings (SSSR count). The van der Waals surface area contributed by atoms with Crippen molar-refractivity contribution in [1.82, 2.24) is 14.6 Å². The molecule has 0 aliphatic carbocycles. The number of aliphatic hydroxyl groups is 1. The van der Waals surface area contributed by atoms with Gasteiger partial charge in [0, 0.05) is 17.7 Å². The number of aromatic nitrogens is 3. The van der Waals surface area contributed by atoms with Crippen molar-refractivity contribution >= 4 is 11.6 Å². The van der Waals surface area contributed by atoms with Crippen LogP contribution >= 0.6 is 0 Å². The quantitative estimate of drug-likeness (QED) is 0.838. The molecule has 0 aromatic carbocycles. The van der Waals surface area contributed by atoms with E-state index in [2.05, 4.69) is 29.2 Å². The molecule has 2 aromatic heterocycles. The summed E-state index contributed by atoms with van der Waals surface area (Å²) in [6.07, 6.45) is 1.86. The fourth-order valence-corrected chi connectivity index (χ4v) is 2.16. The van der Waals surface area contributed by atoms with E-state index < -0.39 is 0 Å². The first-order chi connectivity index (χ1) is 9.14. The summed E-state index contributed by atoms with van der Waals surface area (Å²) in [6.45, 7) is 7.07. The van der Waals surface area contributed by atoms with E-state index in [1.807, 2.05) is 29.6 Å². The van der Waals surface area contributed by atoms with Crippen LogP contribution < -0.4 is 5.32 Å². The summed E-state index contributed by atoms with van der Waals surface area (Å²) in [7, 11) is 0. The highest BCUT2D eigenvalue weighted by Crippen LogP contribution is 2.25. The number of nitrogens with zero attached hydrogens (tertiary/aromatic N) is 3. The number of hydrogen-bond acceptors (Lipinski definition) is 4. The van der Waals surface area contributed by atoms with Gasteiger partial charge in [-0.1, -0.05) is 19.9 Å². The van der Waals surface area contributed by atoms with Gasteiger partial charge in [0.1, 0.15) is 0 Å². The summed E-state index contributed by atoms with van der Waals surface area (Å²) in [6, 6.07) is 5.91. The summed E-state index contributed by atoms with van der Waals surface area (Å²) in [5, 5.41) is 17.2. The Balaban J connectivity index is 2.16. The number of hydrogen-bond donors (Lipinski definition) is 2. The maximum Gasteiger partial charge on any atom is 0.243 e. The normalized spacial score (nSPS) is 12.0. The maximum absolute atomic E-state index is 9.55. The van der Waals surface area contributed by atoms with Crippen LogP contribution in [0.5, 0.6) is 0 Å². The number of rotatable bonds is 6. The summed E-state index contributed by atoms with van der Waals surface area (Å²) >= 11 is 0. The van der Waals surface area contributed by atoms with Crippen molar-refractivity contribution in [2.45, 2.75) is 33.6 Å². The van der Waals surface area contributed by atoms with Crippen molar-refractivity contribution in [1.29, 1.82) is 0 Å². The fraction of sp³-hybridized carbons (Fsp3) is 0.571. The fourth-order valence-electron chi connectivity index (χ4n) is 2.16. The Morgan fingerprint density at radius 1 is 1.32 bits per heavy atom. The molecule has 5 nitrogen and oxygen atoms in total. The molecule has 0 atom stereocenters. The van der Waals surface area contributed by atoms with Crippen LogP contribution in [0.25, 0.3) is 5.65 Å². The van der Waals surface area contributed by atoms with Gasteiger partial charge in [0.05, 0.1) is 6.61 Å². The van der Waals surface area contributed by atoms with Crippen molar-refractivity contribution < 1.29 is 5.11 Å². The lowest BCUT2D eigenvalue weighted by molar-refractivity contribution is 0.127. The van der Waals surface area contributed by atoms with Crippen molar-refractivity contribution in [3.8, 4) is 0 Å². The molecule has 0 fully saturated rings. The van der Waals surface area contributed by atoms with Crippen LogP contribution in [0, 0.1) is 12.3 Å². The highest BCUT2D eigenvalue weighted by atomic mass is 16.3. The predicted molar refractivity (Wildman–Crippen MR) is 76.3 cm³/mol. The van der Waals surface area contributed by atoms with E-state index in [9.17, 15) is 5.11 Å². The molecule has 0 saturated heterocycles. The summed E-state index contributed by atoms with van der Waals surface area (Å²) < 4.78 is 1.82. The van der Waals surface area contributed by atoms with Crippen molar-refractivity contribution in [2.24, 2.45) is 5.41 Å². The average molecular weight is 262 g/mol. The monoisotopic (exact) mass is 262 g/mol. The lowest BCUT2D eigenvalue weighted by Gasteiger charge is -2.29. The topological polar surface area (TPSA) is 62.5 Å². The number of aliphatic hydroxyl groups excluding tert-OH is 1. The summed E-state index contributed by atoms with van der Waals surface area (Å²) in [5.74, 6) is 0.619. The molecule has 0 saturated carbocycles. The maximum atomic E-state index is 9.55. The second-order valence-electron chi connectivity index (χ2n) is 5.09. The summed E-state index contributed by atoms with van der Waals surface area (Å²) in [5.41, 5.74) is 1.80. The first-order valence-corrected chi connectivity index (χ1v) is 6.81. The molecule has 0 unspecified atom stereocenters. The van der Waals surface area contributed by atoms with Crippen LogP contribution in [-0.2, 0) is 0 Å². The number of nitrogens with one attached hydrogen (secondary N) is 1. The second kappa shape index (κ2) is 5.57. The molecule has 5 heteroatoms. The lowest BCUT2D eigenvalue weighted by atomic mass is 9.83. The first kappa shape index (κ1) is 13.8. The number of anilines is 1. The van der Waals surface area contributed by atoms with Gasteiger partial charge in [-0.15, -0.1) is 5.10 Å². The number of aryl methyl sites for hydroxylation is 1. The Kier molecular flexibility index (Phi) is 4.04. The Morgan fingerprint density at radius 3 is 2.63 bits per heavy atom. The summed E-state index contributed by atoms with van der Waals surface area (Å²) in [4.78, 5) is 4.44. The van der Waals surface area contributed by atoms with Gasteiger partial charge in [-0.25, -0.2) is 4.52 Å². The third kappa shape index (κ3) is 2.71. The molecule has 2 heterocycles. The molecule has 0 amide bonds. The van der Waals surface area contributed by atoms with Gasteiger partial charge >= 0.3 is 0 Å². The zero-order valence-electron chi connectivity index (χ0n) is 11.8. The molecule has 2 N–H and O–H groups in total. The van der Waals surface area contributed by atoms with E-state index in [1.54, 1.807) is 0 Å². The van der Waals surface area contributed by atoms with Crippen LogP contribution in [0.4, 0.5) is 5.95 Å². The minimum atomic E-state index is -0.0907. The van der Waals surface area contributed by atoms with Crippen LogP contribution in [-0.4, -0.2) is 32.9 Å². The highest BCUT2D eigenvalue weighted by molar-refractivity contribution is 5.44. The van der Waals surface area contributed by atoms with Gasteiger partial charge in [0.15, 0.2) is 5.65 Å². The molecule has 0 aliphatic rings. The van der Waals surface area contributed by atoms with E-state index in [1.165, 1.54) is 0 Å². The molecule has 2 aromatic rings. The first-order valence-electron chi connectivity index (χ1n) is 6.81. The van der Waals surface area contributed by atoms with Gasteiger partial charge in [0.2, 0.25) is 5.95 Å². The van der Waals surface area contributed by atoms with Crippen molar-refractivity contribution in [3.63, 3.8) is 0 Å². The SMILES string of the molecule is CCC(CC)(CO)CNc1nc2cccc(C)n2n1. The molecular formula is C14H22N4O. The van der Waals surface area contributed by atoms with E-state index >= 15 is 0 Å². The van der Waals surface area contributed by atoms with Crippen molar-refractivity contribution in [3.05, 3.63) is 23.9 Å². The third-order valence-corrected chi connectivity index (χ3v) is 4.01. The predicted octanol–water partition coefficient (Wildman–Crippen LogP) is 2.25. The van der Waals surface area contributed by atoms with Gasteiger partial charge in [-0.3, -0.25) is 0 Å². The smallest absolute Gasteiger partial charge is 0.243 e. The Morgan fingerprint density at radius 2 is 2.05 bits per heavy atom. The number of pyridine rings is 1. The highest BCUT2D eigenvalue weighted by Gasteiger charge is 2.25. The van der Waals surface area contributed by atoms with Crippen LogP contribution in [0.15, 0.2) is 18.2 Å². The minimum Gasteiger partial charge on any atom is -0.396 e. The van der Waals surface area contributed by atoms with Crippen LogP contribution in [0.1, 0.15) is 32.4 Å². The van der Waals surface area contributed by atoms with Gasteiger partial charge in [-0.05, 0) is 31.9 Å². The second-order valence-corrected chi connectivity index (χ2v) is 5.09. The largest absolute Gasteiger partial charge is 0.396 e. The minimum absolute atomic E-state index is 0.0907. The van der Waals surface area contributed by atoms with Gasteiger partial charge in [-0.2, -0.15) is 4.98 Å². The van der Waals surface area contributed by atoms with E-state index in [-0.39, 0.29) is 12.0 Å². The van der Waals surface area contributed by atoms with E-state index in [4.69, 9.17) is 0 Å². The standard InChI is InChI=1S/C14H22N4O/c1-4-14(5-2,10-19)9-15-13-16-12-8-6-7-11(3)18(12)17-13/h6-8,19H,4-5,9-10H2,1-3H3,(H,15,17). The van der Waals surface area contributed by atoms with E-state index in [0.29, 0.717) is 12.5 Å². The number of fused-ring (bicyclic) bond motifs is 1. The van der Waals surface area contributed by atoms with Crippen LogP contribution in [0.3, 0.4) is 0 Å². The third-order valence-electron chi connectivity index (χ3n) is 4.01. The molecule has 19 heavy (non-hydrogen) atoms. The zero-order chi connectivity index (χ0) is 13.9. The van der Waals surface area contributed by atoms with E-state index in [0.717, 1.165) is 24.2 Å². The molecule has 104 valence electrons. The Labute approximate surface area is 113 Å². The van der Waals surface area contributed by atoms with Gasteiger partial charge in [0.25, 0.3) is 0 Å². The van der Waals surface area contributed by atoms with Crippen molar-refractivity contribution in [2.75, 3.05) is 18.5 Å². The Hall–Kier alpha value is -1.62. The van der Waals surface area contributed by atoms with Crippen LogP contribution in [0.2, 0.25) is 0 Å². The molecule has 0 aliphatic heterocycles. The van der Waals surface area contributed by atoms with Gasteiger partial charge < -0.3 is 10.4 Å². The molecule has 0 radical (unpaired) electrons. The molecule has 0 spiro atoms. The Bertz CT molecular complexity index is 537. The zero-order valence-corrected chi connectivity index (χ0v) is 11.8. The average Bonchev–Trinajstić information content (AvgIpc) is 2.86.